The molecule has 1 aromatic heterocycles. The van der Waals surface area contributed by atoms with E-state index < -0.39 is 0 Å². The fraction of sp³-hybridized carbons (Fsp3) is 0.286. The van der Waals surface area contributed by atoms with Crippen LogP contribution in [0.4, 0.5) is 11.4 Å². The van der Waals surface area contributed by atoms with Crippen molar-refractivity contribution in [2.24, 2.45) is 0 Å². The molecule has 20 heavy (non-hydrogen) atoms. The van der Waals surface area contributed by atoms with Gasteiger partial charge in [-0.15, -0.1) is 0 Å². The highest BCUT2D eigenvalue weighted by Gasteiger charge is 2.07. The van der Waals surface area contributed by atoms with Gasteiger partial charge in [0.25, 0.3) is 0 Å². The Morgan fingerprint density at radius 2 is 1.95 bits per heavy atom. The number of para-hydroxylation sites is 2. The number of hydrogen-bond donors (Lipinski definition) is 2. The molecule has 6 heteroatoms. The minimum Gasteiger partial charge on any atom is -0.397 e. The van der Waals surface area contributed by atoms with Crippen molar-refractivity contribution in [3.05, 3.63) is 47.1 Å². The van der Waals surface area contributed by atoms with Crippen molar-refractivity contribution in [1.29, 1.82) is 0 Å². The Morgan fingerprint density at radius 1 is 1.25 bits per heavy atom. The molecule has 0 aliphatic heterocycles. The van der Waals surface area contributed by atoms with Crippen LogP contribution >= 0.6 is 0 Å². The minimum atomic E-state index is -0.168. The Hall–Kier alpha value is -2.50. The topological polar surface area (TPSA) is 82.1 Å². The third-order valence-corrected chi connectivity index (χ3v) is 3.07. The Labute approximate surface area is 116 Å². The zero-order chi connectivity index (χ0) is 14.5. The summed E-state index contributed by atoms with van der Waals surface area (Å²) in [5.74, 6) is -0.168. The van der Waals surface area contributed by atoms with E-state index in [0.717, 1.165) is 0 Å². The average molecular weight is 274 g/mol. The third-order valence-electron chi connectivity index (χ3n) is 3.07. The zero-order valence-electron chi connectivity index (χ0n) is 11.4. The normalized spacial score (nSPS) is 10.4. The van der Waals surface area contributed by atoms with Crippen LogP contribution < -0.4 is 16.7 Å². The molecule has 0 spiro atoms. The summed E-state index contributed by atoms with van der Waals surface area (Å²) >= 11 is 0. The first-order valence-corrected chi connectivity index (χ1v) is 6.51. The van der Waals surface area contributed by atoms with E-state index in [1.807, 2.05) is 6.92 Å². The molecule has 0 aliphatic carbocycles. The van der Waals surface area contributed by atoms with Gasteiger partial charge in [-0.3, -0.25) is 13.9 Å². The number of hydrogen-bond acceptors (Lipinski definition) is 3. The van der Waals surface area contributed by atoms with E-state index in [4.69, 9.17) is 5.73 Å². The molecule has 2 aromatic rings. The predicted octanol–water partition coefficient (Wildman–Crippen LogP) is 1.28. The monoisotopic (exact) mass is 274 g/mol. The van der Waals surface area contributed by atoms with Crippen LogP contribution in [0, 0.1) is 0 Å². The van der Waals surface area contributed by atoms with E-state index in [2.05, 4.69) is 5.32 Å². The molecule has 1 heterocycles. The van der Waals surface area contributed by atoms with Crippen LogP contribution in [0.2, 0.25) is 0 Å². The molecular weight excluding hydrogens is 256 g/mol. The fourth-order valence-electron chi connectivity index (χ4n) is 1.91. The van der Waals surface area contributed by atoms with Crippen molar-refractivity contribution < 1.29 is 4.79 Å². The summed E-state index contributed by atoms with van der Waals surface area (Å²) in [7, 11) is 0. The number of aromatic nitrogens is 2. The van der Waals surface area contributed by atoms with Crippen LogP contribution in [-0.4, -0.2) is 15.0 Å². The van der Waals surface area contributed by atoms with Crippen molar-refractivity contribution in [3.63, 3.8) is 0 Å². The van der Waals surface area contributed by atoms with Crippen molar-refractivity contribution in [2.75, 3.05) is 11.1 Å². The highest BCUT2D eigenvalue weighted by atomic mass is 16.2. The fourth-order valence-corrected chi connectivity index (χ4v) is 1.91. The van der Waals surface area contributed by atoms with Gasteiger partial charge in [0.2, 0.25) is 5.91 Å². The van der Waals surface area contributed by atoms with Gasteiger partial charge in [0, 0.05) is 31.9 Å². The lowest BCUT2D eigenvalue weighted by Crippen LogP contribution is -2.25. The molecule has 0 radical (unpaired) electrons. The molecule has 0 aliphatic rings. The standard InChI is InChI=1S/C14H18N4O2/c1-2-17-9-10-18(14(17)20)8-7-13(19)16-12-6-4-3-5-11(12)15/h3-6,9-10H,2,7-8,15H2,1H3,(H,16,19). The van der Waals surface area contributed by atoms with Gasteiger partial charge in [-0.2, -0.15) is 0 Å². The molecule has 0 unspecified atom stereocenters. The second-order valence-electron chi connectivity index (χ2n) is 4.45. The number of rotatable bonds is 5. The largest absolute Gasteiger partial charge is 0.397 e. The molecule has 0 atom stereocenters. The quantitative estimate of drug-likeness (QED) is 0.806. The first-order chi connectivity index (χ1) is 9.61. The van der Waals surface area contributed by atoms with E-state index in [1.54, 1.807) is 41.2 Å². The number of anilines is 2. The number of aryl methyl sites for hydroxylation is 2. The van der Waals surface area contributed by atoms with Crippen LogP contribution in [0.5, 0.6) is 0 Å². The lowest BCUT2D eigenvalue weighted by atomic mass is 10.2. The van der Waals surface area contributed by atoms with Gasteiger partial charge in [-0.05, 0) is 19.1 Å². The summed E-state index contributed by atoms with van der Waals surface area (Å²) in [6, 6.07) is 7.07. The van der Waals surface area contributed by atoms with Gasteiger partial charge in [0.05, 0.1) is 11.4 Å². The highest BCUT2D eigenvalue weighted by molar-refractivity contribution is 5.93. The maximum atomic E-state index is 11.8. The molecule has 0 saturated carbocycles. The molecule has 106 valence electrons. The minimum absolute atomic E-state index is 0.0977. The SMILES string of the molecule is CCn1ccn(CCC(=O)Nc2ccccc2N)c1=O. The Kier molecular flexibility index (Phi) is 4.24. The van der Waals surface area contributed by atoms with Gasteiger partial charge in [0.1, 0.15) is 0 Å². The molecule has 0 bridgehead atoms. The summed E-state index contributed by atoms with van der Waals surface area (Å²) in [4.78, 5) is 23.6. The van der Waals surface area contributed by atoms with Gasteiger partial charge in [-0.25, -0.2) is 4.79 Å². The van der Waals surface area contributed by atoms with Gasteiger partial charge in [-0.1, -0.05) is 12.1 Å². The molecule has 0 fully saturated rings. The number of amides is 1. The lowest BCUT2D eigenvalue weighted by Gasteiger charge is -2.07. The van der Waals surface area contributed by atoms with E-state index in [0.29, 0.717) is 24.5 Å². The Bertz CT molecular complexity index is 657. The number of carbonyl (C=O) groups excluding carboxylic acids is 1. The number of nitrogens with two attached hydrogens (primary N) is 1. The number of nitrogen functional groups attached to an aromatic ring is 1. The molecule has 1 aromatic carbocycles. The van der Waals surface area contributed by atoms with Gasteiger partial charge in [0.15, 0.2) is 0 Å². The summed E-state index contributed by atoms with van der Waals surface area (Å²) in [6.07, 6.45) is 3.63. The lowest BCUT2D eigenvalue weighted by molar-refractivity contribution is -0.116. The van der Waals surface area contributed by atoms with E-state index >= 15 is 0 Å². The molecular formula is C14H18N4O2. The zero-order valence-corrected chi connectivity index (χ0v) is 11.4. The first-order valence-electron chi connectivity index (χ1n) is 6.51. The predicted molar refractivity (Wildman–Crippen MR) is 78.5 cm³/mol. The van der Waals surface area contributed by atoms with Crippen LogP contribution in [0.15, 0.2) is 41.5 Å². The van der Waals surface area contributed by atoms with Crippen molar-refractivity contribution in [3.8, 4) is 0 Å². The Morgan fingerprint density at radius 3 is 2.60 bits per heavy atom. The van der Waals surface area contributed by atoms with E-state index in [1.165, 1.54) is 4.57 Å². The molecule has 0 saturated heterocycles. The van der Waals surface area contributed by atoms with Crippen molar-refractivity contribution in [1.82, 2.24) is 9.13 Å². The van der Waals surface area contributed by atoms with Crippen LogP contribution in [-0.2, 0) is 17.9 Å². The molecule has 2 rings (SSSR count). The maximum absolute atomic E-state index is 11.8. The number of nitrogens with zero attached hydrogens (tertiary/aromatic N) is 2. The van der Waals surface area contributed by atoms with Gasteiger partial charge >= 0.3 is 5.69 Å². The summed E-state index contributed by atoms with van der Waals surface area (Å²) in [5, 5.41) is 2.73. The number of benzene rings is 1. The molecule has 3 N–H and O–H groups in total. The number of carbonyl (C=O) groups is 1. The second-order valence-corrected chi connectivity index (χ2v) is 4.45. The maximum Gasteiger partial charge on any atom is 0.328 e. The van der Waals surface area contributed by atoms with Crippen LogP contribution in [0.3, 0.4) is 0 Å². The highest BCUT2D eigenvalue weighted by Crippen LogP contribution is 2.16. The van der Waals surface area contributed by atoms with Crippen molar-refractivity contribution in [2.45, 2.75) is 26.4 Å². The third kappa shape index (κ3) is 3.09. The van der Waals surface area contributed by atoms with Crippen LogP contribution in [0.1, 0.15) is 13.3 Å². The Balaban J connectivity index is 1.94. The smallest absolute Gasteiger partial charge is 0.328 e. The van der Waals surface area contributed by atoms with Crippen LogP contribution in [0.25, 0.3) is 0 Å². The van der Waals surface area contributed by atoms with E-state index in [9.17, 15) is 9.59 Å². The molecule has 6 nitrogen and oxygen atoms in total. The average Bonchev–Trinajstić information content (AvgIpc) is 2.79. The first kappa shape index (κ1) is 13.9. The number of imidazole rings is 1. The molecule has 1 amide bonds. The summed E-state index contributed by atoms with van der Waals surface area (Å²) in [6.45, 7) is 2.87. The summed E-state index contributed by atoms with van der Waals surface area (Å²) < 4.78 is 3.12. The number of nitrogens with one attached hydrogen (secondary N) is 1. The second kappa shape index (κ2) is 6.10. The van der Waals surface area contributed by atoms with Gasteiger partial charge < -0.3 is 11.1 Å². The van der Waals surface area contributed by atoms with Crippen molar-refractivity contribution >= 4 is 17.3 Å². The van der Waals surface area contributed by atoms with E-state index in [-0.39, 0.29) is 18.0 Å². The summed E-state index contributed by atoms with van der Waals surface area (Å²) in [5.41, 5.74) is 6.77.